The van der Waals surface area contributed by atoms with E-state index in [1.54, 1.807) is 6.07 Å². The van der Waals surface area contributed by atoms with E-state index in [-0.39, 0.29) is 0 Å². The summed E-state index contributed by atoms with van der Waals surface area (Å²) in [6, 6.07) is 4.77. The number of ether oxygens (including phenoxy) is 1. The molecule has 1 atom stereocenters. The van der Waals surface area contributed by atoms with E-state index in [0.717, 1.165) is 10.0 Å². The van der Waals surface area contributed by atoms with Gasteiger partial charge in [0.25, 0.3) is 0 Å². The Labute approximate surface area is 102 Å². The Balaban J connectivity index is 2.76. The van der Waals surface area contributed by atoms with Crippen LogP contribution >= 0.6 is 27.5 Å². The number of benzene rings is 1. The molecule has 15 heavy (non-hydrogen) atoms. The first kappa shape index (κ1) is 12.5. The van der Waals surface area contributed by atoms with E-state index in [0.29, 0.717) is 11.4 Å². The molecule has 0 bridgehead atoms. The van der Waals surface area contributed by atoms with Gasteiger partial charge in [0.15, 0.2) is 0 Å². The van der Waals surface area contributed by atoms with E-state index in [1.807, 2.05) is 12.1 Å². The minimum atomic E-state index is -0.673. The summed E-state index contributed by atoms with van der Waals surface area (Å²) >= 11 is 9.28. The van der Waals surface area contributed by atoms with Crippen molar-refractivity contribution in [3.8, 4) is 0 Å². The Hall–Kier alpha value is -0.580. The lowest BCUT2D eigenvalue weighted by Gasteiger charge is -2.10. The molecular formula is C10H11BrClNO2. The number of carbonyl (C=O) groups is 1. The lowest BCUT2D eigenvalue weighted by Crippen LogP contribution is -2.33. The van der Waals surface area contributed by atoms with Gasteiger partial charge in [0.05, 0.1) is 7.11 Å². The highest BCUT2D eigenvalue weighted by atomic mass is 79.9. The predicted octanol–water partition coefficient (Wildman–Crippen LogP) is 2.15. The van der Waals surface area contributed by atoms with Crippen LogP contribution in [0, 0.1) is 0 Å². The van der Waals surface area contributed by atoms with Gasteiger partial charge in [-0.05, 0) is 24.1 Å². The molecule has 5 heteroatoms. The van der Waals surface area contributed by atoms with E-state index >= 15 is 0 Å². The van der Waals surface area contributed by atoms with E-state index < -0.39 is 12.0 Å². The molecule has 1 aromatic rings. The molecule has 0 fully saturated rings. The number of hydrogen-bond acceptors (Lipinski definition) is 3. The molecule has 2 N–H and O–H groups in total. The Morgan fingerprint density at radius 2 is 2.33 bits per heavy atom. The highest BCUT2D eigenvalue weighted by molar-refractivity contribution is 9.10. The Morgan fingerprint density at radius 1 is 1.67 bits per heavy atom. The molecule has 0 aliphatic heterocycles. The van der Waals surface area contributed by atoms with Crippen molar-refractivity contribution in [2.24, 2.45) is 5.73 Å². The van der Waals surface area contributed by atoms with Gasteiger partial charge in [0, 0.05) is 9.50 Å². The molecule has 1 unspecified atom stereocenters. The summed E-state index contributed by atoms with van der Waals surface area (Å²) in [4.78, 5) is 11.1. The van der Waals surface area contributed by atoms with Gasteiger partial charge in [0.1, 0.15) is 6.04 Å². The number of rotatable bonds is 3. The molecule has 0 aliphatic rings. The number of hydrogen-bond donors (Lipinski definition) is 1. The van der Waals surface area contributed by atoms with Gasteiger partial charge in [-0.15, -0.1) is 0 Å². The van der Waals surface area contributed by atoms with Gasteiger partial charge < -0.3 is 10.5 Å². The number of halogens is 2. The number of carbonyl (C=O) groups excluding carboxylic acids is 1. The Bertz CT molecular complexity index is 370. The zero-order valence-electron chi connectivity index (χ0n) is 8.17. The third kappa shape index (κ3) is 3.48. The molecule has 0 spiro atoms. The minimum Gasteiger partial charge on any atom is -0.468 e. The summed E-state index contributed by atoms with van der Waals surface area (Å²) in [6.07, 6.45) is 0.374. The average Bonchev–Trinajstić information content (AvgIpc) is 2.20. The summed E-state index contributed by atoms with van der Waals surface area (Å²) in [6.45, 7) is 0. The molecular weight excluding hydrogens is 281 g/mol. The standard InChI is InChI=1S/C10H11BrClNO2/c1-15-10(14)9(13)4-6-2-3-7(11)5-8(6)12/h2-3,5,9H,4,13H2,1H3. The molecule has 0 saturated carbocycles. The van der Waals surface area contributed by atoms with Crippen molar-refractivity contribution in [3.05, 3.63) is 33.3 Å². The molecule has 0 saturated heterocycles. The minimum absolute atomic E-state index is 0.374. The molecule has 0 aromatic heterocycles. The molecule has 3 nitrogen and oxygen atoms in total. The van der Waals surface area contributed by atoms with Crippen LogP contribution in [0.15, 0.2) is 22.7 Å². The summed E-state index contributed by atoms with van der Waals surface area (Å²) in [7, 11) is 1.31. The Morgan fingerprint density at radius 3 is 2.87 bits per heavy atom. The van der Waals surface area contributed by atoms with Crippen molar-refractivity contribution in [3.63, 3.8) is 0 Å². The third-order valence-electron chi connectivity index (χ3n) is 1.96. The molecule has 0 radical (unpaired) electrons. The third-order valence-corrected chi connectivity index (χ3v) is 2.80. The van der Waals surface area contributed by atoms with Crippen molar-refractivity contribution < 1.29 is 9.53 Å². The van der Waals surface area contributed by atoms with Crippen LogP contribution in [-0.4, -0.2) is 19.1 Å². The van der Waals surface area contributed by atoms with Crippen LogP contribution in [0.2, 0.25) is 5.02 Å². The van der Waals surface area contributed by atoms with E-state index in [9.17, 15) is 4.79 Å². The molecule has 0 heterocycles. The van der Waals surface area contributed by atoms with Crippen molar-refractivity contribution in [1.29, 1.82) is 0 Å². The van der Waals surface area contributed by atoms with Crippen molar-refractivity contribution in [2.75, 3.05) is 7.11 Å². The van der Waals surface area contributed by atoms with Crippen LogP contribution in [0.3, 0.4) is 0 Å². The predicted molar refractivity (Wildman–Crippen MR) is 62.8 cm³/mol. The molecule has 1 rings (SSSR count). The quantitative estimate of drug-likeness (QED) is 0.869. The fraction of sp³-hybridized carbons (Fsp3) is 0.300. The largest absolute Gasteiger partial charge is 0.468 e. The zero-order chi connectivity index (χ0) is 11.4. The summed E-state index contributed by atoms with van der Waals surface area (Å²) < 4.78 is 5.42. The summed E-state index contributed by atoms with van der Waals surface area (Å²) in [5, 5.41) is 0.587. The first-order chi connectivity index (χ1) is 7.04. The van der Waals surface area contributed by atoms with Gasteiger partial charge in [-0.3, -0.25) is 4.79 Å². The maximum atomic E-state index is 11.1. The van der Waals surface area contributed by atoms with Gasteiger partial charge in [-0.1, -0.05) is 33.6 Å². The topological polar surface area (TPSA) is 52.3 Å². The highest BCUT2D eigenvalue weighted by Gasteiger charge is 2.15. The van der Waals surface area contributed by atoms with Gasteiger partial charge in [-0.2, -0.15) is 0 Å². The summed E-state index contributed by atoms with van der Waals surface area (Å²) in [5.74, 6) is -0.436. The van der Waals surface area contributed by atoms with E-state index in [2.05, 4.69) is 20.7 Å². The Kier molecular flexibility index (Phi) is 4.57. The second kappa shape index (κ2) is 5.49. The summed E-state index contributed by atoms with van der Waals surface area (Å²) in [5.41, 5.74) is 6.45. The number of methoxy groups -OCH3 is 1. The first-order valence-corrected chi connectivity index (χ1v) is 5.49. The highest BCUT2D eigenvalue weighted by Crippen LogP contribution is 2.22. The van der Waals surface area contributed by atoms with Crippen LogP contribution in [0.4, 0.5) is 0 Å². The van der Waals surface area contributed by atoms with Crippen LogP contribution in [0.5, 0.6) is 0 Å². The van der Waals surface area contributed by atoms with Crippen LogP contribution in [0.1, 0.15) is 5.56 Å². The zero-order valence-corrected chi connectivity index (χ0v) is 10.5. The fourth-order valence-electron chi connectivity index (χ4n) is 1.16. The molecule has 1 aromatic carbocycles. The van der Waals surface area contributed by atoms with Crippen LogP contribution < -0.4 is 5.73 Å². The lowest BCUT2D eigenvalue weighted by atomic mass is 10.1. The molecule has 0 amide bonds. The van der Waals surface area contributed by atoms with Gasteiger partial charge in [-0.25, -0.2) is 0 Å². The van der Waals surface area contributed by atoms with Crippen molar-refractivity contribution in [1.82, 2.24) is 0 Å². The van der Waals surface area contributed by atoms with Crippen LogP contribution in [-0.2, 0) is 16.0 Å². The molecule has 0 aliphatic carbocycles. The normalized spacial score (nSPS) is 12.3. The van der Waals surface area contributed by atoms with Crippen molar-refractivity contribution in [2.45, 2.75) is 12.5 Å². The SMILES string of the molecule is COC(=O)C(N)Cc1ccc(Br)cc1Cl. The van der Waals surface area contributed by atoms with Gasteiger partial charge in [0.2, 0.25) is 0 Å². The lowest BCUT2D eigenvalue weighted by molar-refractivity contribution is -0.142. The number of esters is 1. The molecule has 82 valence electrons. The average molecular weight is 293 g/mol. The maximum absolute atomic E-state index is 11.1. The smallest absolute Gasteiger partial charge is 0.322 e. The first-order valence-electron chi connectivity index (χ1n) is 4.32. The fourth-order valence-corrected chi connectivity index (χ4v) is 1.91. The van der Waals surface area contributed by atoms with E-state index in [4.69, 9.17) is 17.3 Å². The second-order valence-corrected chi connectivity index (χ2v) is 4.39. The second-order valence-electron chi connectivity index (χ2n) is 3.07. The monoisotopic (exact) mass is 291 g/mol. The number of nitrogens with two attached hydrogens (primary N) is 1. The van der Waals surface area contributed by atoms with Crippen LogP contribution in [0.25, 0.3) is 0 Å². The van der Waals surface area contributed by atoms with Gasteiger partial charge >= 0.3 is 5.97 Å². The maximum Gasteiger partial charge on any atom is 0.322 e. The van der Waals surface area contributed by atoms with Crippen molar-refractivity contribution >= 4 is 33.5 Å². The van der Waals surface area contributed by atoms with E-state index in [1.165, 1.54) is 7.11 Å².